The average Bonchev–Trinajstić information content (AvgIpc) is 2.03. The molecule has 0 unspecified atom stereocenters. The second kappa shape index (κ2) is 2.89. The molecule has 0 aliphatic carbocycles. The Bertz CT molecular complexity index is 432. The molecule has 0 bridgehead atoms. The van der Waals surface area contributed by atoms with Crippen molar-refractivity contribution in [3.8, 4) is 0 Å². The molecule has 0 atom stereocenters. The van der Waals surface area contributed by atoms with Gasteiger partial charge in [-0.1, -0.05) is 6.07 Å². The fourth-order valence-electron chi connectivity index (χ4n) is 0.701. The summed E-state index contributed by atoms with van der Waals surface area (Å²) in [6.07, 6.45) is 0. The van der Waals surface area contributed by atoms with E-state index in [1.807, 2.05) is 0 Å². The maximum absolute atomic E-state index is 10.4. The van der Waals surface area contributed by atoms with Gasteiger partial charge in [0.2, 0.25) is 5.39 Å². The number of rotatable bonds is 1. The maximum atomic E-state index is 10.4. The summed E-state index contributed by atoms with van der Waals surface area (Å²) in [5, 5.41) is 8.26. The number of hydrogen-bond acceptors (Lipinski definition) is 4. The summed E-state index contributed by atoms with van der Waals surface area (Å²) in [7, 11) is -4.46. The van der Waals surface area contributed by atoms with Gasteiger partial charge < -0.3 is 4.55 Å². The van der Waals surface area contributed by atoms with Crippen LogP contribution in [0.2, 0.25) is 0 Å². The molecule has 0 heterocycles. The highest BCUT2D eigenvalue weighted by molar-refractivity contribution is 7.85. The molecular formula is C6H4N2O3S. The number of nitrogens with zero attached hydrogens (tertiary/aromatic N) is 2. The molecule has 12 heavy (non-hydrogen) atoms. The largest absolute Gasteiger partial charge is 0.744 e. The van der Waals surface area contributed by atoms with Crippen LogP contribution >= 0.6 is 0 Å². The molecule has 0 aromatic heterocycles. The second-order valence-electron chi connectivity index (χ2n) is 2.05. The minimum atomic E-state index is -4.46. The lowest BCUT2D eigenvalue weighted by molar-refractivity contribution is 0.463. The fraction of sp³-hybridized carbons (Fsp3) is 0. The topological polar surface area (TPSA) is 85.3 Å². The van der Waals surface area contributed by atoms with Crippen LogP contribution in [0.3, 0.4) is 0 Å². The smallest absolute Gasteiger partial charge is 0.386 e. The van der Waals surface area contributed by atoms with E-state index in [4.69, 9.17) is 5.39 Å². The van der Waals surface area contributed by atoms with E-state index < -0.39 is 15.0 Å². The zero-order valence-electron chi connectivity index (χ0n) is 5.84. The Kier molecular flexibility index (Phi) is 2.08. The standard InChI is InChI=1S/C6H4N2O3S/c7-8-5-2-1-3-6(4-5)12(9,10)11/h1-4H. The second-order valence-corrected chi connectivity index (χ2v) is 3.43. The van der Waals surface area contributed by atoms with Gasteiger partial charge in [0.05, 0.1) is 11.0 Å². The quantitative estimate of drug-likeness (QED) is 0.482. The van der Waals surface area contributed by atoms with E-state index in [0.29, 0.717) is 0 Å². The highest BCUT2D eigenvalue weighted by Crippen LogP contribution is 2.16. The van der Waals surface area contributed by atoms with Gasteiger partial charge in [0.1, 0.15) is 10.1 Å². The predicted molar refractivity (Wildman–Crippen MR) is 39.1 cm³/mol. The van der Waals surface area contributed by atoms with Crippen LogP contribution in [0.4, 0.5) is 5.69 Å². The van der Waals surface area contributed by atoms with E-state index in [0.717, 1.165) is 12.1 Å². The molecule has 0 aliphatic heterocycles. The number of hydrogen-bond donors (Lipinski definition) is 0. The van der Waals surface area contributed by atoms with Crippen molar-refractivity contribution in [1.82, 2.24) is 0 Å². The first kappa shape index (κ1) is 8.64. The summed E-state index contributed by atoms with van der Waals surface area (Å²) < 4.78 is 31.3. The maximum Gasteiger partial charge on any atom is 0.386 e. The van der Waals surface area contributed by atoms with Gasteiger partial charge in [-0.15, -0.1) is 0 Å². The number of benzene rings is 1. The third kappa shape index (κ3) is 1.78. The molecule has 62 valence electrons. The Morgan fingerprint density at radius 2 is 2.08 bits per heavy atom. The summed E-state index contributed by atoms with van der Waals surface area (Å²) >= 11 is 0. The highest BCUT2D eigenvalue weighted by atomic mass is 32.2. The molecule has 0 saturated carbocycles. The molecule has 6 heteroatoms. The van der Waals surface area contributed by atoms with Crippen LogP contribution < -0.4 is 0 Å². The van der Waals surface area contributed by atoms with Crippen molar-refractivity contribution in [1.29, 1.82) is 5.39 Å². The Balaban J connectivity index is 3.32. The molecule has 5 nitrogen and oxygen atoms in total. The van der Waals surface area contributed by atoms with Crippen LogP contribution in [0.1, 0.15) is 0 Å². The lowest BCUT2D eigenvalue weighted by atomic mass is 10.3. The van der Waals surface area contributed by atoms with Gasteiger partial charge in [-0.3, -0.25) is 0 Å². The van der Waals surface area contributed by atoms with E-state index in [2.05, 4.69) is 4.98 Å². The summed E-state index contributed by atoms with van der Waals surface area (Å²) in [6.45, 7) is 0. The predicted octanol–water partition coefficient (Wildman–Crippen LogP) is 1.08. The van der Waals surface area contributed by atoms with Gasteiger partial charge in [-0.25, -0.2) is 8.42 Å². The van der Waals surface area contributed by atoms with Crippen LogP contribution in [-0.2, 0) is 10.1 Å². The van der Waals surface area contributed by atoms with Crippen molar-refractivity contribution < 1.29 is 13.0 Å². The fourth-order valence-corrected chi connectivity index (χ4v) is 1.21. The summed E-state index contributed by atoms with van der Waals surface area (Å²) in [6, 6.07) is 4.81. The average molecular weight is 184 g/mol. The molecule has 0 radical (unpaired) electrons. The van der Waals surface area contributed by atoms with Gasteiger partial charge in [-0.2, -0.15) is 0 Å². The van der Waals surface area contributed by atoms with Crippen LogP contribution in [0, 0.1) is 5.39 Å². The van der Waals surface area contributed by atoms with Crippen molar-refractivity contribution in [2.45, 2.75) is 4.90 Å². The SMILES string of the molecule is N#[N+]c1cccc(S(=O)(=O)[O-])c1. The van der Waals surface area contributed by atoms with E-state index in [-0.39, 0.29) is 5.69 Å². The minimum Gasteiger partial charge on any atom is -0.744 e. The normalized spacial score (nSPS) is 10.7. The van der Waals surface area contributed by atoms with Crippen molar-refractivity contribution >= 4 is 15.8 Å². The lowest BCUT2D eigenvalue weighted by Crippen LogP contribution is -1.97. The van der Waals surface area contributed by atoms with Crippen molar-refractivity contribution in [2.24, 2.45) is 0 Å². The minimum absolute atomic E-state index is 0.0342. The summed E-state index contributed by atoms with van der Waals surface area (Å²) in [5.41, 5.74) is 0.0342. The van der Waals surface area contributed by atoms with Gasteiger partial charge in [0, 0.05) is 6.07 Å². The molecule has 0 N–H and O–H groups in total. The first-order valence-electron chi connectivity index (χ1n) is 2.95. The van der Waals surface area contributed by atoms with Crippen LogP contribution in [0.25, 0.3) is 4.98 Å². The Morgan fingerprint density at radius 3 is 2.58 bits per heavy atom. The van der Waals surface area contributed by atoms with Crippen LogP contribution in [0.15, 0.2) is 29.2 Å². The van der Waals surface area contributed by atoms with E-state index in [1.165, 1.54) is 12.1 Å². The Labute approximate surface area is 69.0 Å². The Hall–Kier alpha value is -1.45. The van der Waals surface area contributed by atoms with Gasteiger partial charge in [-0.05, 0) is 6.07 Å². The van der Waals surface area contributed by atoms with Crippen LogP contribution in [-0.4, -0.2) is 13.0 Å². The van der Waals surface area contributed by atoms with Crippen molar-refractivity contribution in [2.75, 3.05) is 0 Å². The first-order valence-corrected chi connectivity index (χ1v) is 4.36. The van der Waals surface area contributed by atoms with E-state index in [9.17, 15) is 13.0 Å². The lowest BCUT2D eigenvalue weighted by Gasteiger charge is -2.03. The molecule has 0 spiro atoms. The third-order valence-corrected chi connectivity index (χ3v) is 2.05. The summed E-state index contributed by atoms with van der Waals surface area (Å²) in [4.78, 5) is 2.34. The van der Waals surface area contributed by atoms with Gasteiger partial charge in [0.15, 0.2) is 4.98 Å². The van der Waals surface area contributed by atoms with Crippen molar-refractivity contribution in [3.63, 3.8) is 0 Å². The molecule has 0 amide bonds. The van der Waals surface area contributed by atoms with Crippen molar-refractivity contribution in [3.05, 3.63) is 29.2 Å². The zero-order valence-corrected chi connectivity index (χ0v) is 6.65. The molecule has 0 aliphatic rings. The van der Waals surface area contributed by atoms with Crippen LogP contribution in [0.5, 0.6) is 0 Å². The highest BCUT2D eigenvalue weighted by Gasteiger charge is 2.08. The molecule has 0 saturated heterocycles. The Morgan fingerprint density at radius 1 is 1.42 bits per heavy atom. The van der Waals surface area contributed by atoms with E-state index >= 15 is 0 Å². The molecule has 1 aromatic rings. The molecule has 0 fully saturated rings. The van der Waals surface area contributed by atoms with E-state index in [1.54, 1.807) is 0 Å². The van der Waals surface area contributed by atoms with Gasteiger partial charge >= 0.3 is 5.69 Å². The third-order valence-electron chi connectivity index (χ3n) is 1.22. The molecular weight excluding hydrogens is 180 g/mol. The monoisotopic (exact) mass is 184 g/mol. The molecule has 1 rings (SSSR count). The summed E-state index contributed by atoms with van der Waals surface area (Å²) in [5.74, 6) is 0. The number of diazo groups is 1. The van der Waals surface area contributed by atoms with Gasteiger partial charge in [0.25, 0.3) is 0 Å². The first-order chi connectivity index (χ1) is 5.54. The zero-order chi connectivity index (χ0) is 9.19. The molecule has 1 aromatic carbocycles.